The van der Waals surface area contributed by atoms with Crippen LogP contribution >= 0.6 is 11.6 Å². The summed E-state index contributed by atoms with van der Waals surface area (Å²) in [5, 5.41) is 3.54. The molecule has 0 aromatic heterocycles. The van der Waals surface area contributed by atoms with E-state index in [9.17, 15) is 9.18 Å². The Morgan fingerprint density at radius 2 is 2.05 bits per heavy atom. The molecule has 0 unspecified atom stereocenters. The van der Waals surface area contributed by atoms with Gasteiger partial charge in [0.05, 0.1) is 5.41 Å². The van der Waals surface area contributed by atoms with Gasteiger partial charge in [0.25, 0.3) is 0 Å². The van der Waals surface area contributed by atoms with Gasteiger partial charge in [-0.3, -0.25) is 9.69 Å². The highest BCUT2D eigenvalue weighted by atomic mass is 35.5. The Bertz CT molecular complexity index is 562. The Morgan fingerprint density at radius 1 is 1.36 bits per heavy atom. The zero-order valence-electron chi connectivity index (χ0n) is 13.0. The summed E-state index contributed by atoms with van der Waals surface area (Å²) in [7, 11) is 0. The molecule has 0 bridgehead atoms. The Morgan fingerprint density at radius 3 is 2.59 bits per heavy atom. The Balaban J connectivity index is 1.58. The van der Waals surface area contributed by atoms with Gasteiger partial charge in [0, 0.05) is 23.2 Å². The fraction of sp³-hybridized carbons (Fsp3) is 0.588. The van der Waals surface area contributed by atoms with Crippen molar-refractivity contribution < 1.29 is 9.18 Å². The average molecular weight is 325 g/mol. The number of rotatable bonds is 3. The molecule has 1 aromatic carbocycles. The van der Waals surface area contributed by atoms with Gasteiger partial charge >= 0.3 is 0 Å². The maximum absolute atomic E-state index is 13.9. The molecule has 1 atom stereocenters. The molecule has 1 amide bonds. The summed E-state index contributed by atoms with van der Waals surface area (Å²) >= 11 is 6.10. The zero-order valence-corrected chi connectivity index (χ0v) is 13.8. The lowest BCUT2D eigenvalue weighted by Gasteiger charge is -2.50. The van der Waals surface area contributed by atoms with Gasteiger partial charge in [-0.25, -0.2) is 4.39 Å². The Labute approximate surface area is 135 Å². The fourth-order valence-electron chi connectivity index (χ4n) is 3.63. The molecule has 0 saturated carbocycles. The lowest BCUT2D eigenvalue weighted by atomic mass is 9.68. The highest BCUT2D eigenvalue weighted by Gasteiger charge is 2.50. The first-order valence-corrected chi connectivity index (χ1v) is 8.23. The number of β-lactam (4-membered cyclic amide) rings is 1. The first-order chi connectivity index (χ1) is 10.4. The SMILES string of the molecule is CC1(C)C(=O)N[C@H]1C1CCN(Cc2c(F)cccc2Cl)CC1. The van der Waals surface area contributed by atoms with Crippen LogP contribution in [0.25, 0.3) is 0 Å². The lowest BCUT2D eigenvalue weighted by Crippen LogP contribution is -2.67. The first kappa shape index (κ1) is 15.8. The number of benzene rings is 1. The van der Waals surface area contributed by atoms with Crippen molar-refractivity contribution in [2.24, 2.45) is 11.3 Å². The summed E-state index contributed by atoms with van der Waals surface area (Å²) in [6.07, 6.45) is 2.06. The average Bonchev–Trinajstić information content (AvgIpc) is 2.49. The largest absolute Gasteiger partial charge is 0.351 e. The third kappa shape index (κ3) is 2.74. The summed E-state index contributed by atoms with van der Waals surface area (Å²) in [6, 6.07) is 5.10. The summed E-state index contributed by atoms with van der Waals surface area (Å²) in [6.45, 7) is 6.41. The van der Waals surface area contributed by atoms with Gasteiger partial charge in [0.2, 0.25) is 5.91 Å². The van der Waals surface area contributed by atoms with Crippen LogP contribution in [0.4, 0.5) is 4.39 Å². The quantitative estimate of drug-likeness (QED) is 0.866. The van der Waals surface area contributed by atoms with E-state index in [4.69, 9.17) is 11.6 Å². The number of amides is 1. The number of carbonyl (C=O) groups is 1. The van der Waals surface area contributed by atoms with E-state index in [1.54, 1.807) is 12.1 Å². The van der Waals surface area contributed by atoms with Crippen LogP contribution in [-0.2, 0) is 11.3 Å². The smallest absolute Gasteiger partial charge is 0.228 e. The summed E-state index contributed by atoms with van der Waals surface area (Å²) in [4.78, 5) is 13.9. The van der Waals surface area contributed by atoms with Crippen LogP contribution in [0.2, 0.25) is 5.02 Å². The topological polar surface area (TPSA) is 32.3 Å². The summed E-state index contributed by atoms with van der Waals surface area (Å²) in [5.41, 5.74) is 0.335. The van der Waals surface area contributed by atoms with Crippen molar-refractivity contribution in [3.63, 3.8) is 0 Å². The molecule has 2 aliphatic rings. The molecule has 3 rings (SSSR count). The summed E-state index contributed by atoms with van der Waals surface area (Å²) < 4.78 is 13.9. The van der Waals surface area contributed by atoms with Gasteiger partial charge in [-0.15, -0.1) is 0 Å². The standard InChI is InChI=1S/C17H22ClFN2O/c1-17(2)15(20-16(17)22)11-6-8-21(9-7-11)10-12-13(18)4-3-5-14(12)19/h3-5,11,15H,6-10H2,1-2H3,(H,20,22)/t15-/m0/s1. The van der Waals surface area contributed by atoms with Crippen LogP contribution in [0.1, 0.15) is 32.3 Å². The number of piperidine rings is 1. The molecule has 5 heteroatoms. The molecule has 0 spiro atoms. The van der Waals surface area contributed by atoms with Crippen molar-refractivity contribution in [1.29, 1.82) is 0 Å². The maximum atomic E-state index is 13.9. The Kier molecular flexibility index (Phi) is 4.17. The van der Waals surface area contributed by atoms with Crippen molar-refractivity contribution >= 4 is 17.5 Å². The monoisotopic (exact) mass is 324 g/mol. The van der Waals surface area contributed by atoms with E-state index in [-0.39, 0.29) is 23.2 Å². The predicted octanol–water partition coefficient (Wildman–Crippen LogP) is 3.22. The molecule has 2 heterocycles. The molecule has 2 fully saturated rings. The van der Waals surface area contributed by atoms with Crippen LogP contribution in [0.3, 0.4) is 0 Å². The van der Waals surface area contributed by atoms with E-state index in [1.807, 2.05) is 13.8 Å². The third-order valence-corrected chi connectivity index (χ3v) is 5.55. The molecular formula is C17H22ClFN2O. The van der Waals surface area contributed by atoms with Gasteiger partial charge in [0.15, 0.2) is 0 Å². The molecular weight excluding hydrogens is 303 g/mol. The first-order valence-electron chi connectivity index (χ1n) is 7.86. The molecule has 120 valence electrons. The molecule has 22 heavy (non-hydrogen) atoms. The van der Waals surface area contributed by atoms with Crippen LogP contribution in [-0.4, -0.2) is 29.9 Å². The van der Waals surface area contributed by atoms with E-state index in [0.717, 1.165) is 25.9 Å². The number of carbonyl (C=O) groups excluding carboxylic acids is 1. The van der Waals surface area contributed by atoms with Gasteiger partial charge in [-0.1, -0.05) is 17.7 Å². The fourth-order valence-corrected chi connectivity index (χ4v) is 3.85. The number of hydrogen-bond donors (Lipinski definition) is 1. The second-order valence-corrected chi connectivity index (χ2v) is 7.39. The minimum Gasteiger partial charge on any atom is -0.351 e. The molecule has 1 N–H and O–H groups in total. The second-order valence-electron chi connectivity index (χ2n) is 6.99. The number of nitrogens with zero attached hydrogens (tertiary/aromatic N) is 1. The highest BCUT2D eigenvalue weighted by Crippen LogP contribution is 2.38. The molecule has 3 nitrogen and oxygen atoms in total. The number of nitrogens with one attached hydrogen (secondary N) is 1. The number of likely N-dealkylation sites (tertiary alicyclic amines) is 1. The van der Waals surface area contributed by atoms with Gasteiger partial charge in [-0.05, 0) is 57.8 Å². The zero-order chi connectivity index (χ0) is 15.9. The van der Waals surface area contributed by atoms with E-state index >= 15 is 0 Å². The molecule has 2 saturated heterocycles. The van der Waals surface area contributed by atoms with E-state index in [0.29, 0.717) is 23.0 Å². The third-order valence-electron chi connectivity index (χ3n) is 5.20. The Hall–Kier alpha value is -1.13. The van der Waals surface area contributed by atoms with Crippen molar-refractivity contribution in [2.45, 2.75) is 39.3 Å². The maximum Gasteiger partial charge on any atom is 0.228 e. The number of halogens is 2. The van der Waals surface area contributed by atoms with E-state index in [2.05, 4.69) is 10.2 Å². The molecule has 0 aliphatic carbocycles. The van der Waals surface area contributed by atoms with Crippen LogP contribution in [0, 0.1) is 17.2 Å². The molecule has 2 aliphatic heterocycles. The lowest BCUT2D eigenvalue weighted by molar-refractivity contribution is -0.146. The van der Waals surface area contributed by atoms with Crippen LogP contribution in [0.15, 0.2) is 18.2 Å². The minimum absolute atomic E-state index is 0.151. The van der Waals surface area contributed by atoms with Gasteiger partial charge in [-0.2, -0.15) is 0 Å². The minimum atomic E-state index is -0.248. The van der Waals surface area contributed by atoms with Crippen LogP contribution < -0.4 is 5.32 Å². The molecule has 0 radical (unpaired) electrons. The van der Waals surface area contributed by atoms with Crippen LogP contribution in [0.5, 0.6) is 0 Å². The molecule has 1 aromatic rings. The van der Waals surface area contributed by atoms with Crippen molar-refractivity contribution in [3.8, 4) is 0 Å². The van der Waals surface area contributed by atoms with Gasteiger partial charge < -0.3 is 5.32 Å². The summed E-state index contributed by atoms with van der Waals surface area (Å²) in [5.74, 6) is 0.431. The predicted molar refractivity (Wildman–Crippen MR) is 85.1 cm³/mol. The normalized spacial score (nSPS) is 25.6. The number of hydrogen-bond acceptors (Lipinski definition) is 2. The van der Waals surface area contributed by atoms with E-state index < -0.39 is 0 Å². The van der Waals surface area contributed by atoms with Crippen molar-refractivity contribution in [3.05, 3.63) is 34.6 Å². The second kappa shape index (κ2) is 5.82. The highest BCUT2D eigenvalue weighted by molar-refractivity contribution is 6.31. The van der Waals surface area contributed by atoms with Crippen molar-refractivity contribution in [1.82, 2.24) is 10.2 Å². The van der Waals surface area contributed by atoms with Gasteiger partial charge in [0.1, 0.15) is 5.82 Å². The van der Waals surface area contributed by atoms with E-state index in [1.165, 1.54) is 6.07 Å². The van der Waals surface area contributed by atoms with Crippen molar-refractivity contribution in [2.75, 3.05) is 13.1 Å².